The normalized spacial score (nSPS) is 12.4. The van der Waals surface area contributed by atoms with Crippen molar-refractivity contribution in [3.05, 3.63) is 27.7 Å². The van der Waals surface area contributed by atoms with Gasteiger partial charge in [0.05, 0.1) is 16.1 Å². The minimum Gasteiger partial charge on any atom is -0.478 e. The van der Waals surface area contributed by atoms with Gasteiger partial charge in [0.25, 0.3) is 0 Å². The molecule has 0 aliphatic heterocycles. The maximum absolute atomic E-state index is 12.3. The summed E-state index contributed by atoms with van der Waals surface area (Å²) in [6.45, 7) is 5.15. The van der Waals surface area contributed by atoms with E-state index < -0.39 is 21.6 Å². The smallest absolute Gasteiger partial charge is 0.336 e. The number of halogens is 1. The van der Waals surface area contributed by atoms with E-state index in [1.54, 1.807) is 20.8 Å². The number of ether oxygens (including phenoxy) is 1. The van der Waals surface area contributed by atoms with Gasteiger partial charge in [-0.2, -0.15) is 0 Å². The maximum atomic E-state index is 12.3. The fourth-order valence-electron chi connectivity index (χ4n) is 1.46. The zero-order chi connectivity index (χ0) is 16.4. The summed E-state index contributed by atoms with van der Waals surface area (Å²) in [6.07, 6.45) is 0. The van der Waals surface area contributed by atoms with Gasteiger partial charge < -0.3 is 9.84 Å². The van der Waals surface area contributed by atoms with E-state index in [-0.39, 0.29) is 17.0 Å². The molecule has 0 amide bonds. The van der Waals surface area contributed by atoms with Crippen LogP contribution in [0, 0.1) is 6.92 Å². The Morgan fingerprint density at radius 1 is 1.43 bits per heavy atom. The summed E-state index contributed by atoms with van der Waals surface area (Å²) < 4.78 is 32.5. The van der Waals surface area contributed by atoms with E-state index in [4.69, 9.17) is 9.84 Å². The van der Waals surface area contributed by atoms with Crippen LogP contribution in [0.4, 0.5) is 0 Å². The second-order valence-electron chi connectivity index (χ2n) is 5.17. The Labute approximate surface area is 132 Å². The molecule has 0 heterocycles. The highest BCUT2D eigenvalue weighted by Crippen LogP contribution is 2.25. The molecule has 0 saturated heterocycles. The number of carbonyl (C=O) groups is 1. The monoisotopic (exact) mass is 379 g/mol. The first-order valence-corrected chi connectivity index (χ1v) is 8.36. The van der Waals surface area contributed by atoms with Gasteiger partial charge in [0.2, 0.25) is 10.0 Å². The number of rotatable bonds is 6. The molecule has 6 nitrogen and oxygen atoms in total. The van der Waals surface area contributed by atoms with Gasteiger partial charge in [-0.25, -0.2) is 17.9 Å². The number of nitrogens with one attached hydrogen (secondary N) is 1. The van der Waals surface area contributed by atoms with E-state index >= 15 is 0 Å². The molecule has 0 atom stereocenters. The van der Waals surface area contributed by atoms with Gasteiger partial charge in [-0.3, -0.25) is 0 Å². The summed E-state index contributed by atoms with van der Waals surface area (Å²) in [5.74, 6) is -1.18. The van der Waals surface area contributed by atoms with Gasteiger partial charge in [0.15, 0.2) is 0 Å². The topological polar surface area (TPSA) is 92.7 Å². The Hall–Kier alpha value is -0.960. The molecule has 0 spiro atoms. The number of carboxylic acid groups (broad SMARTS) is 1. The minimum absolute atomic E-state index is 0.0595. The fourth-order valence-corrected chi connectivity index (χ4v) is 3.32. The predicted molar refractivity (Wildman–Crippen MR) is 82.1 cm³/mol. The molecule has 2 N–H and O–H groups in total. The summed E-state index contributed by atoms with van der Waals surface area (Å²) in [6, 6.07) is 2.52. The third-order valence-corrected chi connectivity index (χ3v) is 5.30. The third-order valence-electron chi connectivity index (χ3n) is 3.10. The quantitative estimate of drug-likeness (QED) is 0.789. The summed E-state index contributed by atoms with van der Waals surface area (Å²) in [4.78, 5) is 11.1. The third kappa shape index (κ3) is 4.50. The first kappa shape index (κ1) is 18.1. The number of hydrogen-bond donors (Lipinski definition) is 2. The minimum atomic E-state index is -3.82. The highest BCUT2D eigenvalue weighted by Gasteiger charge is 2.24. The number of benzene rings is 1. The molecule has 0 saturated carbocycles. The molecular formula is C13H18BrNO5S. The average Bonchev–Trinajstić information content (AvgIpc) is 2.39. The Morgan fingerprint density at radius 2 is 2.00 bits per heavy atom. The lowest BCUT2D eigenvalue weighted by molar-refractivity contribution is 0.0276. The lowest BCUT2D eigenvalue weighted by Crippen LogP contribution is -2.39. The summed E-state index contributed by atoms with van der Waals surface area (Å²) >= 11 is 3.18. The van der Waals surface area contributed by atoms with E-state index in [9.17, 15) is 13.2 Å². The average molecular weight is 380 g/mol. The van der Waals surface area contributed by atoms with Crippen LogP contribution in [0.25, 0.3) is 0 Å². The van der Waals surface area contributed by atoms with Crippen LogP contribution in [-0.2, 0) is 14.8 Å². The van der Waals surface area contributed by atoms with Crippen molar-refractivity contribution in [2.45, 2.75) is 31.3 Å². The van der Waals surface area contributed by atoms with Crippen molar-refractivity contribution in [1.29, 1.82) is 0 Å². The maximum Gasteiger partial charge on any atom is 0.336 e. The molecule has 1 aromatic carbocycles. The van der Waals surface area contributed by atoms with Crippen LogP contribution in [0.1, 0.15) is 29.8 Å². The molecule has 0 aromatic heterocycles. The lowest BCUT2D eigenvalue weighted by atomic mass is 10.1. The Kier molecular flexibility index (Phi) is 5.54. The molecule has 0 bridgehead atoms. The van der Waals surface area contributed by atoms with Crippen LogP contribution < -0.4 is 4.72 Å². The zero-order valence-corrected chi connectivity index (χ0v) is 14.6. The fraction of sp³-hybridized carbons (Fsp3) is 0.462. The van der Waals surface area contributed by atoms with Gasteiger partial charge in [-0.05, 0) is 38.5 Å². The Bertz CT molecular complexity index is 655. The van der Waals surface area contributed by atoms with Crippen molar-refractivity contribution in [2.24, 2.45) is 0 Å². The predicted octanol–water partition coefficient (Wildman–Crippen LogP) is 2.16. The molecule has 0 unspecified atom stereocenters. The van der Waals surface area contributed by atoms with Crippen LogP contribution in [0.5, 0.6) is 0 Å². The Morgan fingerprint density at radius 3 is 2.48 bits per heavy atom. The van der Waals surface area contributed by atoms with E-state index in [0.717, 1.165) is 6.07 Å². The molecule has 21 heavy (non-hydrogen) atoms. The van der Waals surface area contributed by atoms with Gasteiger partial charge in [-0.15, -0.1) is 0 Å². The lowest BCUT2D eigenvalue weighted by Gasteiger charge is -2.23. The molecule has 0 aliphatic rings. The van der Waals surface area contributed by atoms with Crippen molar-refractivity contribution in [1.82, 2.24) is 4.72 Å². The first-order chi connectivity index (χ1) is 9.50. The van der Waals surface area contributed by atoms with Crippen LogP contribution in [-0.4, -0.2) is 38.7 Å². The summed E-state index contributed by atoms with van der Waals surface area (Å²) in [7, 11) is -2.34. The van der Waals surface area contributed by atoms with Gasteiger partial charge >= 0.3 is 5.97 Å². The van der Waals surface area contributed by atoms with Crippen LogP contribution in [0.2, 0.25) is 0 Å². The standard InChI is InChI=1S/C13H18BrNO5S/c1-8-10(12(16)17)5-9(6-11(8)14)21(18,19)15-7-13(2,3)20-4/h5-6,15H,7H2,1-4H3,(H,16,17). The molecule has 0 radical (unpaired) electrons. The highest BCUT2D eigenvalue weighted by atomic mass is 79.9. The number of methoxy groups -OCH3 is 1. The second kappa shape index (κ2) is 6.43. The van der Waals surface area contributed by atoms with Crippen LogP contribution >= 0.6 is 15.9 Å². The van der Waals surface area contributed by atoms with Crippen molar-refractivity contribution in [3.8, 4) is 0 Å². The Balaban J connectivity index is 3.18. The van der Waals surface area contributed by atoms with Crippen molar-refractivity contribution >= 4 is 31.9 Å². The molecule has 0 fully saturated rings. The van der Waals surface area contributed by atoms with Gasteiger partial charge in [-0.1, -0.05) is 15.9 Å². The van der Waals surface area contributed by atoms with Crippen molar-refractivity contribution in [2.75, 3.05) is 13.7 Å². The summed E-state index contributed by atoms with van der Waals surface area (Å²) in [5.41, 5.74) is -0.251. The molecular weight excluding hydrogens is 362 g/mol. The van der Waals surface area contributed by atoms with Crippen LogP contribution in [0.3, 0.4) is 0 Å². The molecule has 8 heteroatoms. The number of carboxylic acids is 1. The first-order valence-electron chi connectivity index (χ1n) is 6.08. The largest absolute Gasteiger partial charge is 0.478 e. The van der Waals surface area contributed by atoms with E-state index in [0.29, 0.717) is 10.0 Å². The number of aromatic carboxylic acids is 1. The highest BCUT2D eigenvalue weighted by molar-refractivity contribution is 9.10. The van der Waals surface area contributed by atoms with E-state index in [1.807, 2.05) is 0 Å². The number of hydrogen-bond acceptors (Lipinski definition) is 4. The molecule has 1 rings (SSSR count). The van der Waals surface area contributed by atoms with Gasteiger partial charge in [0, 0.05) is 18.1 Å². The van der Waals surface area contributed by atoms with Gasteiger partial charge in [0.1, 0.15) is 0 Å². The summed E-state index contributed by atoms with van der Waals surface area (Å²) in [5, 5.41) is 9.12. The number of sulfonamides is 1. The molecule has 0 aliphatic carbocycles. The van der Waals surface area contributed by atoms with E-state index in [1.165, 1.54) is 13.2 Å². The molecule has 1 aromatic rings. The second-order valence-corrected chi connectivity index (χ2v) is 7.79. The van der Waals surface area contributed by atoms with Crippen LogP contribution in [0.15, 0.2) is 21.5 Å². The van der Waals surface area contributed by atoms with Crippen molar-refractivity contribution < 1.29 is 23.1 Å². The SMILES string of the molecule is COC(C)(C)CNS(=O)(=O)c1cc(Br)c(C)c(C(=O)O)c1. The zero-order valence-electron chi connectivity index (χ0n) is 12.2. The van der Waals surface area contributed by atoms with E-state index in [2.05, 4.69) is 20.7 Å². The molecule has 118 valence electrons. The van der Waals surface area contributed by atoms with Crippen molar-refractivity contribution in [3.63, 3.8) is 0 Å².